The lowest BCUT2D eigenvalue weighted by molar-refractivity contribution is 0.473. The highest BCUT2D eigenvalue weighted by Crippen LogP contribution is 2.29. The summed E-state index contributed by atoms with van der Waals surface area (Å²) >= 11 is 0. The third-order valence-electron chi connectivity index (χ3n) is 4.77. The van der Waals surface area contributed by atoms with E-state index in [9.17, 15) is 0 Å². The van der Waals surface area contributed by atoms with Crippen LogP contribution in [0, 0.1) is 6.92 Å². The highest BCUT2D eigenvalue weighted by atomic mass is 15.2. The van der Waals surface area contributed by atoms with Gasteiger partial charge in [-0.1, -0.05) is 6.07 Å². The summed E-state index contributed by atoms with van der Waals surface area (Å²) in [5, 5.41) is 0. The molecule has 1 saturated heterocycles. The summed E-state index contributed by atoms with van der Waals surface area (Å²) in [4.78, 5) is 20.0. The fraction of sp³-hybridized carbons (Fsp3) is 0.368. The molecule has 4 rings (SSSR count). The maximum atomic E-state index is 5.83. The van der Waals surface area contributed by atoms with Crippen LogP contribution in [0.3, 0.4) is 0 Å². The zero-order valence-corrected chi connectivity index (χ0v) is 14.9. The standard InChI is InChI=1S/C19H23N7/c1-14-11-17(24-19(20)23-14)25-9-4-5-15(12-25)18-22-8-10-26(18)13-16-6-2-3-7-21-16/h2-3,6-8,10-11,15H,4-5,9,12-13H2,1H3,(H2,20,23,24)/t15-/m0/s1. The van der Waals surface area contributed by atoms with Crippen molar-refractivity contribution in [2.24, 2.45) is 0 Å². The fourth-order valence-electron chi connectivity index (χ4n) is 3.61. The molecule has 0 bridgehead atoms. The molecular weight excluding hydrogens is 326 g/mol. The SMILES string of the molecule is Cc1cc(N2CCC[C@H](c3nccn3Cc3ccccn3)C2)nc(N)n1. The zero-order valence-electron chi connectivity index (χ0n) is 14.9. The molecule has 1 aliphatic rings. The normalized spacial score (nSPS) is 17.4. The van der Waals surface area contributed by atoms with E-state index in [0.29, 0.717) is 11.9 Å². The first-order chi connectivity index (χ1) is 12.7. The van der Waals surface area contributed by atoms with Crippen molar-refractivity contribution in [2.45, 2.75) is 32.2 Å². The van der Waals surface area contributed by atoms with Gasteiger partial charge in [-0.25, -0.2) is 9.97 Å². The molecule has 3 aromatic rings. The van der Waals surface area contributed by atoms with E-state index in [4.69, 9.17) is 5.73 Å². The number of aryl methyl sites for hydroxylation is 1. The number of nitrogens with two attached hydrogens (primary N) is 1. The number of hydrogen-bond acceptors (Lipinski definition) is 6. The maximum Gasteiger partial charge on any atom is 0.222 e. The van der Waals surface area contributed by atoms with Crippen LogP contribution in [0.2, 0.25) is 0 Å². The number of rotatable bonds is 4. The van der Waals surface area contributed by atoms with Crippen LogP contribution in [-0.2, 0) is 6.54 Å². The van der Waals surface area contributed by atoms with E-state index < -0.39 is 0 Å². The molecule has 4 heterocycles. The van der Waals surface area contributed by atoms with Gasteiger partial charge in [-0.3, -0.25) is 4.98 Å². The van der Waals surface area contributed by atoms with Gasteiger partial charge in [-0.05, 0) is 31.9 Å². The van der Waals surface area contributed by atoms with E-state index in [1.807, 2.05) is 49.8 Å². The van der Waals surface area contributed by atoms with Gasteiger partial charge < -0.3 is 15.2 Å². The molecule has 0 spiro atoms. The Labute approximate surface area is 152 Å². The monoisotopic (exact) mass is 349 g/mol. The molecule has 1 aliphatic heterocycles. The Morgan fingerprint density at radius 3 is 2.92 bits per heavy atom. The highest BCUT2D eigenvalue weighted by Gasteiger charge is 2.26. The van der Waals surface area contributed by atoms with Crippen molar-refractivity contribution in [3.63, 3.8) is 0 Å². The van der Waals surface area contributed by atoms with Gasteiger partial charge in [0.05, 0.1) is 12.2 Å². The number of nitrogens with zero attached hydrogens (tertiary/aromatic N) is 6. The molecule has 7 nitrogen and oxygen atoms in total. The Balaban J connectivity index is 1.54. The van der Waals surface area contributed by atoms with Crippen molar-refractivity contribution < 1.29 is 0 Å². The molecule has 0 aromatic carbocycles. The maximum absolute atomic E-state index is 5.83. The number of pyridine rings is 1. The second kappa shape index (κ2) is 7.11. The quantitative estimate of drug-likeness (QED) is 0.778. The Morgan fingerprint density at radius 1 is 1.19 bits per heavy atom. The second-order valence-corrected chi connectivity index (χ2v) is 6.75. The van der Waals surface area contributed by atoms with Crippen LogP contribution in [-0.4, -0.2) is 37.6 Å². The lowest BCUT2D eigenvalue weighted by Crippen LogP contribution is -2.36. The van der Waals surface area contributed by atoms with Crippen LogP contribution in [0.15, 0.2) is 42.9 Å². The van der Waals surface area contributed by atoms with Gasteiger partial charge >= 0.3 is 0 Å². The van der Waals surface area contributed by atoms with Gasteiger partial charge in [0, 0.05) is 49.4 Å². The van der Waals surface area contributed by atoms with E-state index in [0.717, 1.165) is 55.5 Å². The van der Waals surface area contributed by atoms with Gasteiger partial charge in [0.1, 0.15) is 11.6 Å². The average molecular weight is 349 g/mol. The second-order valence-electron chi connectivity index (χ2n) is 6.75. The topological polar surface area (TPSA) is 85.8 Å². The van der Waals surface area contributed by atoms with Crippen molar-refractivity contribution in [1.29, 1.82) is 0 Å². The van der Waals surface area contributed by atoms with Crippen LogP contribution >= 0.6 is 0 Å². The van der Waals surface area contributed by atoms with Gasteiger partial charge in [-0.15, -0.1) is 0 Å². The predicted octanol–water partition coefficient (Wildman–Crippen LogP) is 2.39. The summed E-state index contributed by atoms with van der Waals surface area (Å²) in [5.41, 5.74) is 7.77. The van der Waals surface area contributed by atoms with Crippen molar-refractivity contribution >= 4 is 11.8 Å². The predicted molar refractivity (Wildman–Crippen MR) is 101 cm³/mol. The molecule has 134 valence electrons. The van der Waals surface area contributed by atoms with Crippen LogP contribution in [0.1, 0.15) is 36.0 Å². The molecule has 1 atom stereocenters. The van der Waals surface area contributed by atoms with E-state index >= 15 is 0 Å². The molecule has 0 saturated carbocycles. The van der Waals surface area contributed by atoms with E-state index in [2.05, 4.69) is 29.4 Å². The number of nitrogen functional groups attached to an aromatic ring is 1. The lowest BCUT2D eigenvalue weighted by Gasteiger charge is -2.33. The summed E-state index contributed by atoms with van der Waals surface area (Å²) in [7, 11) is 0. The summed E-state index contributed by atoms with van der Waals surface area (Å²) < 4.78 is 2.20. The van der Waals surface area contributed by atoms with Crippen LogP contribution in [0.5, 0.6) is 0 Å². The highest BCUT2D eigenvalue weighted by molar-refractivity contribution is 5.44. The van der Waals surface area contributed by atoms with Crippen molar-refractivity contribution in [3.05, 3.63) is 60.1 Å². The third-order valence-corrected chi connectivity index (χ3v) is 4.77. The molecule has 3 aromatic heterocycles. The minimum absolute atomic E-state index is 0.332. The molecule has 0 unspecified atom stereocenters. The third kappa shape index (κ3) is 3.51. The number of hydrogen-bond donors (Lipinski definition) is 1. The van der Waals surface area contributed by atoms with E-state index in [-0.39, 0.29) is 0 Å². The smallest absolute Gasteiger partial charge is 0.222 e. The van der Waals surface area contributed by atoms with Crippen LogP contribution in [0.25, 0.3) is 0 Å². The Morgan fingerprint density at radius 2 is 2.12 bits per heavy atom. The van der Waals surface area contributed by atoms with Gasteiger partial charge in [-0.2, -0.15) is 4.98 Å². The molecule has 1 fully saturated rings. The van der Waals surface area contributed by atoms with Crippen molar-refractivity contribution in [1.82, 2.24) is 24.5 Å². The Kier molecular flexibility index (Phi) is 4.51. The zero-order chi connectivity index (χ0) is 17.9. The average Bonchev–Trinajstić information content (AvgIpc) is 3.10. The lowest BCUT2D eigenvalue weighted by atomic mass is 9.97. The molecule has 26 heavy (non-hydrogen) atoms. The Bertz CT molecular complexity index is 854. The molecule has 0 aliphatic carbocycles. The van der Waals surface area contributed by atoms with Gasteiger partial charge in [0.15, 0.2) is 0 Å². The Hall–Kier alpha value is -2.96. The van der Waals surface area contributed by atoms with Crippen LogP contribution < -0.4 is 10.6 Å². The number of piperidine rings is 1. The summed E-state index contributed by atoms with van der Waals surface area (Å²) in [6.07, 6.45) is 7.97. The van der Waals surface area contributed by atoms with Crippen molar-refractivity contribution in [3.8, 4) is 0 Å². The molecule has 0 radical (unpaired) electrons. The molecule has 2 N–H and O–H groups in total. The van der Waals surface area contributed by atoms with Crippen LogP contribution in [0.4, 0.5) is 11.8 Å². The minimum atomic E-state index is 0.332. The first-order valence-corrected chi connectivity index (χ1v) is 8.96. The first kappa shape index (κ1) is 16.5. The summed E-state index contributed by atoms with van der Waals surface area (Å²) in [5.74, 6) is 2.71. The summed E-state index contributed by atoms with van der Waals surface area (Å²) in [6.45, 7) is 4.55. The first-order valence-electron chi connectivity index (χ1n) is 8.96. The number of imidazole rings is 1. The number of aromatic nitrogens is 5. The van der Waals surface area contributed by atoms with Crippen molar-refractivity contribution in [2.75, 3.05) is 23.7 Å². The van der Waals surface area contributed by atoms with Gasteiger partial charge in [0.25, 0.3) is 0 Å². The van der Waals surface area contributed by atoms with E-state index in [1.54, 1.807) is 0 Å². The largest absolute Gasteiger partial charge is 0.368 e. The summed E-state index contributed by atoms with van der Waals surface area (Å²) in [6, 6.07) is 8.00. The minimum Gasteiger partial charge on any atom is -0.368 e. The molecule has 7 heteroatoms. The fourth-order valence-corrected chi connectivity index (χ4v) is 3.61. The van der Waals surface area contributed by atoms with Gasteiger partial charge in [0.2, 0.25) is 5.95 Å². The molecule has 0 amide bonds. The van der Waals surface area contributed by atoms with E-state index in [1.165, 1.54) is 0 Å². The number of anilines is 2. The molecular formula is C19H23N7.